The van der Waals surface area contributed by atoms with Gasteiger partial charge in [0.1, 0.15) is 0 Å². The molecule has 1 N–H and O–H groups in total. The van der Waals surface area contributed by atoms with Gasteiger partial charge in [-0.25, -0.2) is 0 Å². The van der Waals surface area contributed by atoms with Gasteiger partial charge in [-0.15, -0.1) is 0 Å². The molecule has 0 bridgehead atoms. The van der Waals surface area contributed by atoms with E-state index in [4.69, 9.17) is 18.9 Å². The summed E-state index contributed by atoms with van der Waals surface area (Å²) < 4.78 is 21.9. The van der Waals surface area contributed by atoms with Gasteiger partial charge in [0.15, 0.2) is 0 Å². The van der Waals surface area contributed by atoms with Crippen LogP contribution >= 0.6 is 0 Å². The molecule has 0 aromatic heterocycles. The Morgan fingerprint density at radius 1 is 0.789 bits per heavy atom. The van der Waals surface area contributed by atoms with E-state index in [2.05, 4.69) is 0 Å². The quantitative estimate of drug-likeness (QED) is 0.506. The van der Waals surface area contributed by atoms with Crippen LogP contribution in [0.2, 0.25) is 0 Å². The van der Waals surface area contributed by atoms with E-state index in [0.717, 1.165) is 0 Å². The standard InChI is InChI=1S/C12H27NO5.Ta/c1-7-15-11(13(5)6,16-8-2)12(14,17-9-3)18-10-4;/h14H,7-10H2,1-6H3;. The topological polar surface area (TPSA) is 60.4 Å². The van der Waals surface area contributed by atoms with Gasteiger partial charge in [0.25, 0.3) is 0 Å². The van der Waals surface area contributed by atoms with E-state index in [0.29, 0.717) is 13.2 Å². The molecule has 0 heterocycles. The molecule has 0 saturated heterocycles. The minimum Gasteiger partial charge on any atom is -0.338 e. The number of likely N-dealkylation sites (N-methyl/N-ethyl adjacent to an activating group) is 1. The fraction of sp³-hybridized carbons (Fsp3) is 1.00. The Morgan fingerprint density at radius 2 is 1.11 bits per heavy atom. The molecule has 0 unspecified atom stereocenters. The van der Waals surface area contributed by atoms with Crippen LogP contribution in [0.5, 0.6) is 0 Å². The molecular formula is C12H27NO5Ta. The largest absolute Gasteiger partial charge is 0.354 e. The van der Waals surface area contributed by atoms with Crippen molar-refractivity contribution in [2.24, 2.45) is 0 Å². The maximum atomic E-state index is 10.6. The summed E-state index contributed by atoms with van der Waals surface area (Å²) in [6.45, 7) is 8.40. The fourth-order valence-corrected chi connectivity index (χ4v) is 1.77. The zero-order valence-electron chi connectivity index (χ0n) is 12.8. The van der Waals surface area contributed by atoms with E-state index in [1.54, 1.807) is 32.8 Å². The summed E-state index contributed by atoms with van der Waals surface area (Å²) in [5.74, 6) is -3.48. The van der Waals surface area contributed by atoms with Crippen molar-refractivity contribution < 1.29 is 46.4 Å². The molecule has 0 amide bonds. The number of ether oxygens (including phenoxy) is 4. The molecule has 0 rings (SSSR count). The maximum Gasteiger partial charge on any atom is 0.354 e. The summed E-state index contributed by atoms with van der Waals surface area (Å²) >= 11 is 0. The Morgan fingerprint density at radius 3 is 1.32 bits per heavy atom. The first-order chi connectivity index (χ1) is 8.44. The van der Waals surface area contributed by atoms with E-state index in [1.807, 2.05) is 13.8 Å². The van der Waals surface area contributed by atoms with Crippen LogP contribution < -0.4 is 0 Å². The molecule has 0 aromatic carbocycles. The molecule has 0 aliphatic heterocycles. The molecule has 0 saturated carbocycles. The van der Waals surface area contributed by atoms with Gasteiger partial charge in [0.05, 0.1) is 0 Å². The molecule has 19 heavy (non-hydrogen) atoms. The molecule has 1 radical (unpaired) electrons. The number of hydrogen-bond acceptors (Lipinski definition) is 6. The van der Waals surface area contributed by atoms with E-state index >= 15 is 0 Å². The number of nitrogens with zero attached hydrogens (tertiary/aromatic N) is 1. The second-order valence-electron chi connectivity index (χ2n) is 3.79. The summed E-state index contributed by atoms with van der Waals surface area (Å²) in [4.78, 5) is 1.60. The van der Waals surface area contributed by atoms with Crippen LogP contribution in [0.1, 0.15) is 27.7 Å². The molecule has 0 aromatic rings. The SMILES string of the molecule is CCOC(O)(OCC)C(OCC)(OCC)N(C)C.[Ta]. The first-order valence-corrected chi connectivity index (χ1v) is 6.39. The maximum absolute atomic E-state index is 10.6. The van der Waals surface area contributed by atoms with E-state index in [1.165, 1.54) is 0 Å². The van der Waals surface area contributed by atoms with Gasteiger partial charge in [-0.1, -0.05) is 0 Å². The van der Waals surface area contributed by atoms with Crippen LogP contribution in [0.15, 0.2) is 0 Å². The summed E-state index contributed by atoms with van der Waals surface area (Å²) in [7, 11) is 3.46. The third-order valence-electron chi connectivity index (χ3n) is 2.35. The van der Waals surface area contributed by atoms with Crippen molar-refractivity contribution in [3.63, 3.8) is 0 Å². The van der Waals surface area contributed by atoms with Gasteiger partial charge in [-0.05, 0) is 41.8 Å². The summed E-state index contributed by atoms with van der Waals surface area (Å²) in [6.07, 6.45) is 0. The van der Waals surface area contributed by atoms with Crippen LogP contribution in [0.3, 0.4) is 0 Å². The second-order valence-corrected chi connectivity index (χ2v) is 3.79. The van der Waals surface area contributed by atoms with Gasteiger partial charge in [-0.2, -0.15) is 0 Å². The minimum atomic E-state index is -1.98. The Bertz CT molecular complexity index is 216. The van der Waals surface area contributed by atoms with Gasteiger partial charge >= 0.3 is 11.9 Å². The molecule has 0 spiro atoms. The van der Waals surface area contributed by atoms with Crippen LogP contribution in [-0.2, 0) is 41.3 Å². The van der Waals surface area contributed by atoms with Gasteiger partial charge in [-0.3, -0.25) is 4.90 Å². The summed E-state index contributed by atoms with van der Waals surface area (Å²) in [5, 5.41) is 10.6. The van der Waals surface area contributed by atoms with Crippen molar-refractivity contribution in [3.8, 4) is 0 Å². The van der Waals surface area contributed by atoms with E-state index in [-0.39, 0.29) is 35.6 Å². The monoisotopic (exact) mass is 446 g/mol. The van der Waals surface area contributed by atoms with E-state index in [9.17, 15) is 5.11 Å². The minimum absolute atomic E-state index is 0. The van der Waals surface area contributed by atoms with Crippen molar-refractivity contribution in [2.75, 3.05) is 40.5 Å². The Balaban J connectivity index is 0. The third kappa shape index (κ3) is 5.08. The molecule has 0 fully saturated rings. The first kappa shape index (κ1) is 21.8. The summed E-state index contributed by atoms with van der Waals surface area (Å²) in [5.41, 5.74) is 0. The normalized spacial score (nSPS) is 12.6. The number of rotatable bonds is 10. The van der Waals surface area contributed by atoms with Crippen molar-refractivity contribution >= 4 is 0 Å². The smallest absolute Gasteiger partial charge is 0.338 e. The number of hydrogen-bond donors (Lipinski definition) is 1. The van der Waals surface area contributed by atoms with E-state index < -0.39 is 11.9 Å². The van der Waals surface area contributed by atoms with Gasteiger partial charge in [0.2, 0.25) is 0 Å². The third-order valence-corrected chi connectivity index (χ3v) is 2.35. The molecule has 0 atom stereocenters. The van der Waals surface area contributed by atoms with Crippen LogP contribution in [-0.4, -0.2) is 62.4 Å². The van der Waals surface area contributed by atoms with Gasteiger partial charge < -0.3 is 24.1 Å². The molecule has 7 heteroatoms. The van der Waals surface area contributed by atoms with Crippen molar-refractivity contribution in [3.05, 3.63) is 0 Å². The molecule has 0 aliphatic rings. The zero-order valence-corrected chi connectivity index (χ0v) is 16.0. The molecule has 115 valence electrons. The summed E-state index contributed by atoms with van der Waals surface area (Å²) in [6, 6.07) is 0. The second kappa shape index (κ2) is 10.3. The number of aliphatic hydroxyl groups is 1. The average molecular weight is 446 g/mol. The molecule has 6 nitrogen and oxygen atoms in total. The van der Waals surface area contributed by atoms with Gasteiger partial charge in [0, 0.05) is 48.8 Å². The Hall–Kier alpha value is 0.500. The van der Waals surface area contributed by atoms with Crippen molar-refractivity contribution in [1.29, 1.82) is 0 Å². The van der Waals surface area contributed by atoms with Crippen molar-refractivity contribution in [2.45, 2.75) is 39.6 Å². The van der Waals surface area contributed by atoms with Crippen molar-refractivity contribution in [1.82, 2.24) is 4.90 Å². The van der Waals surface area contributed by atoms with Crippen LogP contribution in [0.4, 0.5) is 0 Å². The first-order valence-electron chi connectivity index (χ1n) is 6.39. The predicted molar refractivity (Wildman–Crippen MR) is 67.9 cm³/mol. The molecular weight excluding hydrogens is 419 g/mol. The van der Waals surface area contributed by atoms with Crippen LogP contribution in [0.25, 0.3) is 0 Å². The predicted octanol–water partition coefficient (Wildman–Crippen LogP) is 0.991. The zero-order chi connectivity index (χ0) is 14.2. The Labute approximate surface area is 131 Å². The van der Waals surface area contributed by atoms with Crippen LogP contribution in [0, 0.1) is 0 Å². The fourth-order valence-electron chi connectivity index (χ4n) is 1.77. The molecule has 0 aliphatic carbocycles. The average Bonchev–Trinajstić information content (AvgIpc) is 2.28. The Kier molecular flexibility index (Phi) is 11.8.